The molecule has 104 valence electrons. The number of halogens is 3. The van der Waals surface area contributed by atoms with E-state index in [1.165, 1.54) is 0 Å². The molecule has 0 saturated carbocycles. The van der Waals surface area contributed by atoms with E-state index in [2.05, 4.69) is 0 Å². The van der Waals surface area contributed by atoms with Gasteiger partial charge in [0, 0.05) is 26.2 Å². The van der Waals surface area contributed by atoms with Gasteiger partial charge in [0.25, 0.3) is 0 Å². The standard InChI is InChI=1S/C10H22F3N2OP/c1-5-14(6-2)17(15(7-3)8-4)16-9-10(11,12)13/h5-9H2,1-4H3. The maximum atomic E-state index is 12.2. The van der Waals surface area contributed by atoms with Crippen LogP contribution in [0.25, 0.3) is 0 Å². The van der Waals surface area contributed by atoms with Gasteiger partial charge in [-0.05, 0) is 0 Å². The summed E-state index contributed by atoms with van der Waals surface area (Å²) in [6, 6.07) is 0. The Balaban J connectivity index is 4.59. The molecule has 0 radical (unpaired) electrons. The van der Waals surface area contributed by atoms with Crippen molar-refractivity contribution < 1.29 is 17.7 Å². The Morgan fingerprint density at radius 2 is 1.24 bits per heavy atom. The molecule has 0 aromatic rings. The van der Waals surface area contributed by atoms with Crippen molar-refractivity contribution in [3.8, 4) is 0 Å². The summed E-state index contributed by atoms with van der Waals surface area (Å²) in [6.45, 7) is 9.31. The monoisotopic (exact) mass is 274 g/mol. The molecule has 0 rings (SSSR count). The van der Waals surface area contributed by atoms with Gasteiger partial charge in [0.2, 0.25) is 0 Å². The molecular weight excluding hydrogens is 252 g/mol. The molecule has 0 heterocycles. The molecule has 0 aliphatic carbocycles. The van der Waals surface area contributed by atoms with E-state index in [9.17, 15) is 13.2 Å². The van der Waals surface area contributed by atoms with Gasteiger partial charge in [-0.2, -0.15) is 13.2 Å². The topological polar surface area (TPSA) is 15.7 Å². The zero-order valence-electron chi connectivity index (χ0n) is 10.9. The van der Waals surface area contributed by atoms with Crippen molar-refractivity contribution >= 4 is 8.45 Å². The van der Waals surface area contributed by atoms with Gasteiger partial charge in [-0.1, -0.05) is 27.7 Å². The lowest BCUT2D eigenvalue weighted by molar-refractivity contribution is -0.153. The third kappa shape index (κ3) is 6.55. The normalized spacial score (nSPS) is 13.1. The minimum Gasteiger partial charge on any atom is -0.322 e. The molecule has 0 aliphatic rings. The van der Waals surface area contributed by atoms with Crippen molar-refractivity contribution in [2.75, 3.05) is 32.8 Å². The highest BCUT2D eigenvalue weighted by Crippen LogP contribution is 2.45. The second kappa shape index (κ2) is 8.25. The molecule has 0 aromatic carbocycles. The van der Waals surface area contributed by atoms with E-state index in [0.717, 1.165) is 0 Å². The van der Waals surface area contributed by atoms with Crippen LogP contribution in [0.1, 0.15) is 27.7 Å². The quantitative estimate of drug-likeness (QED) is 0.630. The molecular formula is C10H22F3N2OP. The van der Waals surface area contributed by atoms with Gasteiger partial charge in [-0.15, -0.1) is 0 Å². The molecule has 0 aromatic heterocycles. The van der Waals surface area contributed by atoms with Crippen LogP contribution in [-0.2, 0) is 4.52 Å². The molecule has 0 unspecified atom stereocenters. The number of hydrogen-bond donors (Lipinski definition) is 0. The first-order chi connectivity index (χ1) is 7.89. The Labute approximate surface area is 103 Å². The molecule has 0 spiro atoms. The number of hydrogen-bond acceptors (Lipinski definition) is 3. The first-order valence-corrected chi connectivity index (χ1v) is 7.05. The molecule has 3 nitrogen and oxygen atoms in total. The fourth-order valence-corrected chi connectivity index (χ4v) is 3.32. The zero-order valence-corrected chi connectivity index (χ0v) is 11.8. The molecule has 0 saturated heterocycles. The number of rotatable bonds is 8. The highest BCUT2D eigenvalue weighted by molar-refractivity contribution is 7.47. The van der Waals surface area contributed by atoms with Gasteiger partial charge in [-0.3, -0.25) is 0 Å². The van der Waals surface area contributed by atoms with Crippen molar-refractivity contribution in [1.82, 2.24) is 9.34 Å². The van der Waals surface area contributed by atoms with Crippen molar-refractivity contribution in [3.63, 3.8) is 0 Å². The molecule has 0 fully saturated rings. The average Bonchev–Trinajstić information content (AvgIpc) is 2.26. The van der Waals surface area contributed by atoms with Crippen molar-refractivity contribution in [3.05, 3.63) is 0 Å². The van der Waals surface area contributed by atoms with Gasteiger partial charge in [-0.25, -0.2) is 9.34 Å². The van der Waals surface area contributed by atoms with Gasteiger partial charge in [0.1, 0.15) is 6.61 Å². The Hall–Kier alpha value is 0.100. The van der Waals surface area contributed by atoms with Crippen LogP contribution in [0.2, 0.25) is 0 Å². The van der Waals surface area contributed by atoms with Crippen LogP contribution in [0.5, 0.6) is 0 Å². The summed E-state index contributed by atoms with van der Waals surface area (Å²) < 4.78 is 45.6. The van der Waals surface area contributed by atoms with Crippen molar-refractivity contribution in [2.24, 2.45) is 0 Å². The molecule has 0 atom stereocenters. The highest BCUT2D eigenvalue weighted by atomic mass is 31.2. The van der Waals surface area contributed by atoms with E-state index in [-0.39, 0.29) is 0 Å². The van der Waals surface area contributed by atoms with Crippen LogP contribution in [0.4, 0.5) is 13.2 Å². The van der Waals surface area contributed by atoms with Crippen molar-refractivity contribution in [2.45, 2.75) is 33.9 Å². The van der Waals surface area contributed by atoms with Crippen LogP contribution >= 0.6 is 8.45 Å². The SMILES string of the molecule is CCN(CC)P(OCC(F)(F)F)N(CC)CC. The Bertz CT molecular complexity index is 184. The molecule has 17 heavy (non-hydrogen) atoms. The molecule has 0 bridgehead atoms. The van der Waals surface area contributed by atoms with Gasteiger partial charge < -0.3 is 4.52 Å². The van der Waals surface area contributed by atoms with E-state index in [4.69, 9.17) is 4.52 Å². The third-order valence-corrected chi connectivity index (χ3v) is 4.75. The minimum atomic E-state index is -4.26. The zero-order chi connectivity index (χ0) is 13.5. The lowest BCUT2D eigenvalue weighted by Crippen LogP contribution is -2.31. The van der Waals surface area contributed by atoms with Gasteiger partial charge >= 0.3 is 6.18 Å². The summed E-state index contributed by atoms with van der Waals surface area (Å²) in [7, 11) is -1.31. The van der Waals surface area contributed by atoms with Crippen LogP contribution in [0, 0.1) is 0 Å². The largest absolute Gasteiger partial charge is 0.412 e. The fourth-order valence-electron chi connectivity index (χ4n) is 1.40. The second-order valence-corrected chi connectivity index (χ2v) is 5.31. The van der Waals surface area contributed by atoms with E-state index >= 15 is 0 Å². The Kier molecular flexibility index (Phi) is 8.29. The Morgan fingerprint density at radius 3 is 1.47 bits per heavy atom. The lowest BCUT2D eigenvalue weighted by atomic mass is 10.7. The average molecular weight is 274 g/mol. The van der Waals surface area contributed by atoms with E-state index in [1.807, 2.05) is 37.0 Å². The number of alkyl halides is 3. The van der Waals surface area contributed by atoms with Gasteiger partial charge in [0.05, 0.1) is 0 Å². The molecule has 0 aliphatic heterocycles. The second-order valence-electron chi connectivity index (χ2n) is 3.42. The minimum absolute atomic E-state index is 0.691. The Morgan fingerprint density at radius 1 is 0.882 bits per heavy atom. The van der Waals surface area contributed by atoms with E-state index < -0.39 is 21.2 Å². The highest BCUT2D eigenvalue weighted by Gasteiger charge is 2.32. The first kappa shape index (κ1) is 17.1. The molecule has 7 heteroatoms. The summed E-state index contributed by atoms with van der Waals surface area (Å²) in [6.07, 6.45) is -4.26. The molecule has 0 amide bonds. The van der Waals surface area contributed by atoms with Crippen LogP contribution in [0.15, 0.2) is 0 Å². The maximum absolute atomic E-state index is 12.2. The summed E-state index contributed by atoms with van der Waals surface area (Å²) in [5.41, 5.74) is 0. The maximum Gasteiger partial charge on any atom is 0.412 e. The summed E-state index contributed by atoms with van der Waals surface area (Å²) in [5, 5.41) is 0. The van der Waals surface area contributed by atoms with Crippen LogP contribution < -0.4 is 0 Å². The predicted octanol–water partition coefficient (Wildman–Crippen LogP) is 3.48. The van der Waals surface area contributed by atoms with Crippen LogP contribution in [0.3, 0.4) is 0 Å². The van der Waals surface area contributed by atoms with Crippen LogP contribution in [-0.4, -0.2) is 48.3 Å². The summed E-state index contributed by atoms with van der Waals surface area (Å²) in [5.74, 6) is 0. The van der Waals surface area contributed by atoms with Crippen molar-refractivity contribution in [1.29, 1.82) is 0 Å². The summed E-state index contributed by atoms with van der Waals surface area (Å²) >= 11 is 0. The molecule has 0 N–H and O–H groups in total. The van der Waals surface area contributed by atoms with Gasteiger partial charge in [0.15, 0.2) is 8.45 Å². The third-order valence-electron chi connectivity index (χ3n) is 2.29. The fraction of sp³-hybridized carbons (Fsp3) is 1.00. The lowest BCUT2D eigenvalue weighted by Gasteiger charge is -2.36. The van der Waals surface area contributed by atoms with E-state index in [1.54, 1.807) is 0 Å². The smallest absolute Gasteiger partial charge is 0.322 e. The number of nitrogens with zero attached hydrogens (tertiary/aromatic N) is 2. The first-order valence-electron chi connectivity index (χ1n) is 5.89. The predicted molar refractivity (Wildman–Crippen MR) is 64.8 cm³/mol. The van der Waals surface area contributed by atoms with E-state index in [0.29, 0.717) is 26.2 Å². The summed E-state index contributed by atoms with van der Waals surface area (Å²) in [4.78, 5) is 0.